The van der Waals surface area contributed by atoms with E-state index in [0.29, 0.717) is 18.1 Å². The standard InChI is InChI=1S/C28H39N3OS/c1-20-29-19-26(33-20)18-25(32)17-22-7-5-21(6-8-22)11-14-31-15-12-24-9-10-27(23-3-2-4-23)30-28(24)13-16-31/h9-10,19,21-23H,2-8,11-18H2,1H3. The van der Waals surface area contributed by atoms with E-state index in [1.165, 1.54) is 81.4 Å². The zero-order valence-corrected chi connectivity index (χ0v) is 21.0. The fourth-order valence-corrected chi connectivity index (χ4v) is 6.79. The first-order valence-corrected chi connectivity index (χ1v) is 14.1. The minimum atomic E-state index is 0.403. The van der Waals surface area contributed by atoms with Gasteiger partial charge in [0, 0.05) is 60.7 Å². The Bertz CT molecular complexity index is 942. The normalized spacial score (nSPS) is 24.2. The highest BCUT2D eigenvalue weighted by Gasteiger charge is 2.25. The van der Waals surface area contributed by atoms with Crippen molar-refractivity contribution in [2.24, 2.45) is 11.8 Å². The molecule has 5 heteroatoms. The SMILES string of the molecule is Cc1ncc(CC(=O)CC2CCC(CCN3CCc4ccc(C5CCC5)nc4CC3)CC2)s1. The highest BCUT2D eigenvalue weighted by Crippen LogP contribution is 2.36. The number of nitrogens with zero attached hydrogens (tertiary/aromatic N) is 3. The van der Waals surface area contributed by atoms with Crippen LogP contribution in [-0.2, 0) is 24.1 Å². The third-order valence-electron chi connectivity index (χ3n) is 8.35. The molecular formula is C28H39N3OS. The van der Waals surface area contributed by atoms with Gasteiger partial charge in [0.25, 0.3) is 0 Å². The Kier molecular flexibility index (Phi) is 7.56. The van der Waals surface area contributed by atoms with Gasteiger partial charge >= 0.3 is 0 Å². The van der Waals surface area contributed by atoms with Crippen molar-refractivity contribution in [2.75, 3.05) is 19.6 Å². The molecule has 4 nitrogen and oxygen atoms in total. The topological polar surface area (TPSA) is 46.1 Å². The average molecular weight is 466 g/mol. The largest absolute Gasteiger partial charge is 0.303 e. The van der Waals surface area contributed by atoms with Crippen molar-refractivity contribution in [3.8, 4) is 0 Å². The first kappa shape index (κ1) is 23.2. The van der Waals surface area contributed by atoms with Crippen molar-refractivity contribution in [1.29, 1.82) is 0 Å². The van der Waals surface area contributed by atoms with Crippen LogP contribution in [0.3, 0.4) is 0 Å². The predicted molar refractivity (Wildman–Crippen MR) is 135 cm³/mol. The maximum atomic E-state index is 12.5. The molecule has 2 saturated carbocycles. The molecule has 0 N–H and O–H groups in total. The van der Waals surface area contributed by atoms with Gasteiger partial charge in [-0.2, -0.15) is 0 Å². The summed E-state index contributed by atoms with van der Waals surface area (Å²) in [5, 5.41) is 1.06. The Morgan fingerprint density at radius 2 is 1.85 bits per heavy atom. The van der Waals surface area contributed by atoms with Gasteiger partial charge in [-0.15, -0.1) is 11.3 Å². The third-order valence-corrected chi connectivity index (χ3v) is 9.27. The lowest BCUT2D eigenvalue weighted by molar-refractivity contribution is -0.119. The van der Waals surface area contributed by atoms with Gasteiger partial charge in [0.1, 0.15) is 5.78 Å². The maximum Gasteiger partial charge on any atom is 0.138 e. The van der Waals surface area contributed by atoms with Gasteiger partial charge in [-0.05, 0) is 75.5 Å². The number of pyridine rings is 1. The average Bonchev–Trinajstić information content (AvgIpc) is 3.06. The van der Waals surface area contributed by atoms with Gasteiger partial charge < -0.3 is 4.90 Å². The second-order valence-corrected chi connectivity index (χ2v) is 12.1. The van der Waals surface area contributed by atoms with E-state index < -0.39 is 0 Å². The number of hydrogen-bond donors (Lipinski definition) is 0. The molecule has 0 unspecified atom stereocenters. The van der Waals surface area contributed by atoms with Crippen molar-refractivity contribution in [3.05, 3.63) is 45.2 Å². The summed E-state index contributed by atoms with van der Waals surface area (Å²) < 4.78 is 0. The van der Waals surface area contributed by atoms with E-state index in [0.717, 1.165) is 47.5 Å². The van der Waals surface area contributed by atoms with E-state index in [4.69, 9.17) is 4.98 Å². The van der Waals surface area contributed by atoms with Crippen molar-refractivity contribution in [2.45, 2.75) is 89.9 Å². The number of ketones is 1. The molecule has 2 aliphatic carbocycles. The molecule has 2 aromatic heterocycles. The van der Waals surface area contributed by atoms with Crippen LogP contribution < -0.4 is 0 Å². The lowest BCUT2D eigenvalue weighted by Gasteiger charge is -2.30. The summed E-state index contributed by atoms with van der Waals surface area (Å²) >= 11 is 1.66. The van der Waals surface area contributed by atoms with Gasteiger partial charge in [-0.3, -0.25) is 9.78 Å². The van der Waals surface area contributed by atoms with Gasteiger partial charge in [0.15, 0.2) is 0 Å². The molecule has 0 saturated heterocycles. The Balaban J connectivity index is 1.02. The Morgan fingerprint density at radius 3 is 2.58 bits per heavy atom. The van der Waals surface area contributed by atoms with Crippen LogP contribution in [0.25, 0.3) is 0 Å². The molecule has 1 aliphatic heterocycles. The van der Waals surface area contributed by atoms with Crippen LogP contribution in [0.4, 0.5) is 0 Å². The molecule has 178 valence electrons. The maximum absolute atomic E-state index is 12.5. The van der Waals surface area contributed by atoms with Gasteiger partial charge in [-0.1, -0.05) is 25.3 Å². The number of rotatable bonds is 8. The summed E-state index contributed by atoms with van der Waals surface area (Å²) in [6.07, 6.45) is 15.9. The van der Waals surface area contributed by atoms with Crippen LogP contribution in [0.15, 0.2) is 18.3 Å². The molecular weight excluding hydrogens is 426 g/mol. The molecule has 3 heterocycles. The van der Waals surface area contributed by atoms with E-state index in [1.807, 2.05) is 13.1 Å². The van der Waals surface area contributed by atoms with Crippen LogP contribution in [0.1, 0.15) is 90.5 Å². The van der Waals surface area contributed by atoms with Gasteiger partial charge in [-0.25, -0.2) is 4.98 Å². The van der Waals surface area contributed by atoms with Crippen LogP contribution in [-0.4, -0.2) is 40.3 Å². The van der Waals surface area contributed by atoms with E-state index >= 15 is 0 Å². The monoisotopic (exact) mass is 465 g/mol. The fourth-order valence-electron chi connectivity index (χ4n) is 5.97. The van der Waals surface area contributed by atoms with E-state index in [2.05, 4.69) is 22.0 Å². The molecule has 33 heavy (non-hydrogen) atoms. The number of carbonyl (C=O) groups is 1. The fraction of sp³-hybridized carbons (Fsp3) is 0.679. The quantitative estimate of drug-likeness (QED) is 0.486. The predicted octanol–water partition coefficient (Wildman–Crippen LogP) is 5.91. The molecule has 2 aromatic rings. The molecule has 3 aliphatic rings. The lowest BCUT2D eigenvalue weighted by Crippen LogP contribution is -2.29. The minimum Gasteiger partial charge on any atom is -0.303 e. The zero-order valence-electron chi connectivity index (χ0n) is 20.2. The summed E-state index contributed by atoms with van der Waals surface area (Å²) in [5.41, 5.74) is 4.21. The summed E-state index contributed by atoms with van der Waals surface area (Å²) in [4.78, 5) is 25.6. The number of hydrogen-bond acceptors (Lipinski definition) is 5. The summed E-state index contributed by atoms with van der Waals surface area (Å²) in [6.45, 7) is 5.57. The number of aryl methyl sites for hydroxylation is 1. The van der Waals surface area contributed by atoms with Crippen molar-refractivity contribution < 1.29 is 4.79 Å². The van der Waals surface area contributed by atoms with Crippen molar-refractivity contribution in [1.82, 2.24) is 14.9 Å². The highest BCUT2D eigenvalue weighted by atomic mass is 32.1. The van der Waals surface area contributed by atoms with E-state index in [9.17, 15) is 4.79 Å². The van der Waals surface area contributed by atoms with Gasteiger partial charge in [0.05, 0.1) is 5.01 Å². The first-order chi connectivity index (χ1) is 16.1. The number of Topliss-reactive ketones (excluding diaryl/α,β-unsaturated/α-hetero) is 1. The third kappa shape index (κ3) is 6.10. The highest BCUT2D eigenvalue weighted by molar-refractivity contribution is 7.11. The van der Waals surface area contributed by atoms with Crippen LogP contribution >= 0.6 is 11.3 Å². The number of carbonyl (C=O) groups excluding carboxylic acids is 1. The van der Waals surface area contributed by atoms with Crippen LogP contribution in [0, 0.1) is 18.8 Å². The molecule has 0 aromatic carbocycles. The molecule has 0 amide bonds. The molecule has 5 rings (SSSR count). The first-order valence-electron chi connectivity index (χ1n) is 13.3. The zero-order chi connectivity index (χ0) is 22.6. The Hall–Kier alpha value is -1.59. The van der Waals surface area contributed by atoms with Gasteiger partial charge in [0.2, 0.25) is 0 Å². The number of aromatic nitrogens is 2. The molecule has 0 radical (unpaired) electrons. The summed E-state index contributed by atoms with van der Waals surface area (Å²) in [7, 11) is 0. The lowest BCUT2D eigenvalue weighted by atomic mass is 9.78. The number of thiazole rings is 1. The van der Waals surface area contributed by atoms with E-state index in [1.54, 1.807) is 11.3 Å². The second-order valence-electron chi connectivity index (χ2n) is 10.8. The summed E-state index contributed by atoms with van der Waals surface area (Å²) in [5.74, 6) is 2.58. The van der Waals surface area contributed by atoms with Crippen LogP contribution in [0.2, 0.25) is 0 Å². The summed E-state index contributed by atoms with van der Waals surface area (Å²) in [6, 6.07) is 4.68. The van der Waals surface area contributed by atoms with Crippen molar-refractivity contribution in [3.63, 3.8) is 0 Å². The van der Waals surface area contributed by atoms with E-state index in [-0.39, 0.29) is 0 Å². The van der Waals surface area contributed by atoms with Crippen molar-refractivity contribution >= 4 is 17.1 Å². The molecule has 0 spiro atoms. The Morgan fingerprint density at radius 1 is 1.06 bits per heavy atom. The minimum absolute atomic E-state index is 0.403. The van der Waals surface area contributed by atoms with Crippen LogP contribution in [0.5, 0.6) is 0 Å². The Labute approximate surface area is 203 Å². The molecule has 0 bridgehead atoms. The molecule has 2 fully saturated rings. The molecule has 0 atom stereocenters. The smallest absolute Gasteiger partial charge is 0.138 e. The second kappa shape index (κ2) is 10.8. The number of fused-ring (bicyclic) bond motifs is 1.